The number of benzene rings is 1. The van der Waals surface area contributed by atoms with E-state index in [9.17, 15) is 9.59 Å². The Balaban J connectivity index is 1.38. The molecule has 0 aliphatic carbocycles. The summed E-state index contributed by atoms with van der Waals surface area (Å²) in [6.45, 7) is 6.58. The standard InChI is InChI=1S/C19H23N3O2S/c1-15-2-4-16(5-3-15)18(23)20-7-8-21-9-11-22(12-10-21)19(24)17-6-13-25-14-17/h2-6,13-14H,7-12H2,1H3,(H,20,23). The Morgan fingerprint density at radius 2 is 1.76 bits per heavy atom. The molecular formula is C19H23N3O2S. The Morgan fingerprint density at radius 3 is 2.40 bits per heavy atom. The topological polar surface area (TPSA) is 52.7 Å². The molecule has 0 spiro atoms. The van der Waals surface area contributed by atoms with Crippen molar-refractivity contribution in [1.82, 2.24) is 15.1 Å². The fourth-order valence-electron chi connectivity index (χ4n) is 2.88. The van der Waals surface area contributed by atoms with Gasteiger partial charge in [0.1, 0.15) is 0 Å². The first kappa shape index (κ1) is 17.6. The van der Waals surface area contributed by atoms with Gasteiger partial charge in [-0.05, 0) is 30.5 Å². The Morgan fingerprint density at radius 1 is 1.04 bits per heavy atom. The number of hydrogen-bond acceptors (Lipinski definition) is 4. The molecule has 2 aromatic rings. The summed E-state index contributed by atoms with van der Waals surface area (Å²) in [6.07, 6.45) is 0. The van der Waals surface area contributed by atoms with Gasteiger partial charge in [0, 0.05) is 50.2 Å². The highest BCUT2D eigenvalue weighted by Crippen LogP contribution is 2.11. The van der Waals surface area contributed by atoms with E-state index in [2.05, 4.69) is 10.2 Å². The Hall–Kier alpha value is -2.18. The lowest BCUT2D eigenvalue weighted by molar-refractivity contribution is 0.0638. The van der Waals surface area contributed by atoms with Crippen molar-refractivity contribution in [3.63, 3.8) is 0 Å². The minimum Gasteiger partial charge on any atom is -0.351 e. The number of nitrogens with one attached hydrogen (secondary N) is 1. The average molecular weight is 357 g/mol. The van der Waals surface area contributed by atoms with Crippen molar-refractivity contribution in [3.05, 3.63) is 57.8 Å². The smallest absolute Gasteiger partial charge is 0.254 e. The number of carbonyl (C=O) groups is 2. The van der Waals surface area contributed by atoms with Gasteiger partial charge in [-0.25, -0.2) is 0 Å². The average Bonchev–Trinajstić information content (AvgIpc) is 3.17. The SMILES string of the molecule is Cc1ccc(C(=O)NCCN2CCN(C(=O)c3ccsc3)CC2)cc1. The highest BCUT2D eigenvalue weighted by molar-refractivity contribution is 7.08. The number of piperazine rings is 1. The summed E-state index contributed by atoms with van der Waals surface area (Å²) in [5.41, 5.74) is 2.62. The van der Waals surface area contributed by atoms with Crippen molar-refractivity contribution in [1.29, 1.82) is 0 Å². The van der Waals surface area contributed by atoms with Crippen LogP contribution in [-0.2, 0) is 0 Å². The molecule has 2 heterocycles. The van der Waals surface area contributed by atoms with E-state index in [0.717, 1.165) is 43.9 Å². The van der Waals surface area contributed by atoms with E-state index in [1.165, 1.54) is 0 Å². The Kier molecular flexibility index (Phi) is 5.83. The summed E-state index contributed by atoms with van der Waals surface area (Å²) in [5, 5.41) is 6.79. The summed E-state index contributed by atoms with van der Waals surface area (Å²) < 4.78 is 0. The monoisotopic (exact) mass is 357 g/mol. The third-order valence-electron chi connectivity index (χ3n) is 4.45. The molecule has 25 heavy (non-hydrogen) atoms. The highest BCUT2D eigenvalue weighted by Gasteiger charge is 2.22. The van der Waals surface area contributed by atoms with Crippen LogP contribution in [0.4, 0.5) is 0 Å². The van der Waals surface area contributed by atoms with E-state index in [1.807, 2.05) is 52.9 Å². The number of amides is 2. The normalized spacial score (nSPS) is 15.2. The highest BCUT2D eigenvalue weighted by atomic mass is 32.1. The molecule has 0 bridgehead atoms. The van der Waals surface area contributed by atoms with Gasteiger partial charge < -0.3 is 10.2 Å². The minimum atomic E-state index is -0.0359. The maximum absolute atomic E-state index is 12.3. The van der Waals surface area contributed by atoms with Gasteiger partial charge in [0.15, 0.2) is 0 Å². The van der Waals surface area contributed by atoms with Crippen molar-refractivity contribution < 1.29 is 9.59 Å². The number of thiophene rings is 1. The number of rotatable bonds is 5. The van der Waals surface area contributed by atoms with Crippen LogP contribution in [0.2, 0.25) is 0 Å². The predicted octanol–water partition coefficient (Wildman–Crippen LogP) is 2.24. The molecule has 0 atom stereocenters. The van der Waals surface area contributed by atoms with Crippen molar-refractivity contribution in [3.8, 4) is 0 Å². The van der Waals surface area contributed by atoms with Crippen LogP contribution < -0.4 is 5.32 Å². The number of nitrogens with zero attached hydrogens (tertiary/aromatic N) is 2. The van der Waals surface area contributed by atoms with Gasteiger partial charge in [-0.3, -0.25) is 14.5 Å². The molecule has 0 saturated carbocycles. The molecule has 6 heteroatoms. The molecule has 0 unspecified atom stereocenters. The predicted molar refractivity (Wildman–Crippen MR) is 100 cm³/mol. The lowest BCUT2D eigenvalue weighted by atomic mass is 10.1. The van der Waals surface area contributed by atoms with Crippen LogP contribution in [0.1, 0.15) is 26.3 Å². The molecule has 132 valence electrons. The first-order valence-corrected chi connectivity index (χ1v) is 9.46. The zero-order chi connectivity index (χ0) is 17.6. The van der Waals surface area contributed by atoms with Crippen LogP contribution >= 0.6 is 11.3 Å². The zero-order valence-electron chi connectivity index (χ0n) is 14.4. The lowest BCUT2D eigenvalue weighted by Crippen LogP contribution is -2.50. The van der Waals surface area contributed by atoms with Crippen LogP contribution in [0.25, 0.3) is 0 Å². The first-order valence-electron chi connectivity index (χ1n) is 8.52. The zero-order valence-corrected chi connectivity index (χ0v) is 15.2. The first-order chi connectivity index (χ1) is 12.1. The van der Waals surface area contributed by atoms with Gasteiger partial charge in [0.2, 0.25) is 0 Å². The fraction of sp³-hybridized carbons (Fsp3) is 0.368. The lowest BCUT2D eigenvalue weighted by Gasteiger charge is -2.34. The second kappa shape index (κ2) is 8.27. The second-order valence-electron chi connectivity index (χ2n) is 6.27. The van der Waals surface area contributed by atoms with Gasteiger partial charge in [-0.2, -0.15) is 11.3 Å². The maximum atomic E-state index is 12.3. The van der Waals surface area contributed by atoms with Crippen LogP contribution in [0, 0.1) is 6.92 Å². The molecule has 0 radical (unpaired) electrons. The van der Waals surface area contributed by atoms with E-state index in [4.69, 9.17) is 0 Å². The van der Waals surface area contributed by atoms with E-state index in [1.54, 1.807) is 11.3 Å². The fourth-order valence-corrected chi connectivity index (χ4v) is 3.51. The molecule has 3 rings (SSSR count). The van der Waals surface area contributed by atoms with Crippen molar-refractivity contribution in [2.24, 2.45) is 0 Å². The summed E-state index contributed by atoms with van der Waals surface area (Å²) in [5.74, 6) is 0.0832. The third kappa shape index (κ3) is 4.67. The van der Waals surface area contributed by atoms with Crippen LogP contribution in [0.5, 0.6) is 0 Å². The molecular weight excluding hydrogens is 334 g/mol. The summed E-state index contributed by atoms with van der Waals surface area (Å²) in [4.78, 5) is 28.6. The van der Waals surface area contributed by atoms with Crippen molar-refractivity contribution >= 4 is 23.2 Å². The molecule has 1 aliphatic rings. The Labute approximate surface area is 152 Å². The summed E-state index contributed by atoms with van der Waals surface area (Å²) in [6, 6.07) is 9.45. The number of hydrogen-bond donors (Lipinski definition) is 1. The molecule has 5 nitrogen and oxygen atoms in total. The largest absolute Gasteiger partial charge is 0.351 e. The molecule has 1 aromatic heterocycles. The van der Waals surface area contributed by atoms with Gasteiger partial charge in [-0.1, -0.05) is 17.7 Å². The van der Waals surface area contributed by atoms with Crippen LogP contribution in [0.15, 0.2) is 41.1 Å². The summed E-state index contributed by atoms with van der Waals surface area (Å²) >= 11 is 1.55. The van der Waals surface area contributed by atoms with Crippen LogP contribution in [0.3, 0.4) is 0 Å². The molecule has 1 aromatic carbocycles. The molecule has 1 N–H and O–H groups in total. The minimum absolute atomic E-state index is 0.0359. The number of aryl methyl sites for hydroxylation is 1. The van der Waals surface area contributed by atoms with Gasteiger partial charge in [-0.15, -0.1) is 0 Å². The molecule has 1 saturated heterocycles. The van der Waals surface area contributed by atoms with E-state index in [-0.39, 0.29) is 11.8 Å². The quantitative estimate of drug-likeness (QED) is 0.893. The molecule has 1 aliphatic heterocycles. The van der Waals surface area contributed by atoms with Crippen molar-refractivity contribution in [2.75, 3.05) is 39.3 Å². The molecule has 2 amide bonds. The van der Waals surface area contributed by atoms with Gasteiger partial charge in [0.05, 0.1) is 5.56 Å². The van der Waals surface area contributed by atoms with E-state index >= 15 is 0 Å². The van der Waals surface area contributed by atoms with Crippen LogP contribution in [-0.4, -0.2) is 60.9 Å². The van der Waals surface area contributed by atoms with E-state index < -0.39 is 0 Å². The van der Waals surface area contributed by atoms with E-state index in [0.29, 0.717) is 12.1 Å². The Bertz CT molecular complexity index is 705. The maximum Gasteiger partial charge on any atom is 0.254 e. The third-order valence-corrected chi connectivity index (χ3v) is 5.14. The van der Waals surface area contributed by atoms with Crippen molar-refractivity contribution in [2.45, 2.75) is 6.92 Å². The number of carbonyl (C=O) groups excluding carboxylic acids is 2. The van der Waals surface area contributed by atoms with Gasteiger partial charge in [0.25, 0.3) is 11.8 Å². The molecule has 1 fully saturated rings. The van der Waals surface area contributed by atoms with Gasteiger partial charge >= 0.3 is 0 Å². The second-order valence-corrected chi connectivity index (χ2v) is 7.05. The summed E-state index contributed by atoms with van der Waals surface area (Å²) in [7, 11) is 0.